The number of fused-ring (bicyclic) bond motifs is 2. The lowest BCUT2D eigenvalue weighted by atomic mass is 10.1. The number of hydrogen-bond acceptors (Lipinski definition) is 5. The number of aromatic nitrogens is 1. The minimum atomic E-state index is -0.403. The van der Waals surface area contributed by atoms with Crippen LogP contribution in [0.25, 0.3) is 17.0 Å². The maximum absolute atomic E-state index is 12.8. The van der Waals surface area contributed by atoms with E-state index in [0.29, 0.717) is 18.3 Å². The van der Waals surface area contributed by atoms with Crippen molar-refractivity contribution in [2.75, 3.05) is 6.61 Å². The third kappa shape index (κ3) is 4.41. The van der Waals surface area contributed by atoms with E-state index in [9.17, 15) is 4.79 Å². The van der Waals surface area contributed by atoms with Gasteiger partial charge in [-0.1, -0.05) is 49.7 Å². The molecule has 2 aliphatic heterocycles. The van der Waals surface area contributed by atoms with Crippen LogP contribution in [0.5, 0.6) is 5.75 Å². The first-order valence-electron chi connectivity index (χ1n) is 11.4. The summed E-state index contributed by atoms with van der Waals surface area (Å²) in [6.07, 6.45) is 6.67. The number of hydrazone groups is 1. The van der Waals surface area contributed by atoms with Crippen LogP contribution >= 0.6 is 11.8 Å². The van der Waals surface area contributed by atoms with Crippen LogP contribution in [0.2, 0.25) is 0 Å². The van der Waals surface area contributed by atoms with Gasteiger partial charge in [-0.2, -0.15) is 15.1 Å². The Morgan fingerprint density at radius 1 is 1.12 bits per heavy atom. The number of ether oxygens (including phenoxy) is 1. The van der Waals surface area contributed by atoms with E-state index in [1.165, 1.54) is 16.8 Å². The molecule has 0 aliphatic carbocycles. The fourth-order valence-electron chi connectivity index (χ4n) is 3.97. The summed E-state index contributed by atoms with van der Waals surface area (Å²) in [6.45, 7) is 3.29. The number of nitrogens with one attached hydrogen (secondary N) is 1. The molecule has 3 heterocycles. The molecule has 3 aromatic rings. The number of amidine groups is 2. The van der Waals surface area contributed by atoms with Gasteiger partial charge >= 0.3 is 0 Å². The van der Waals surface area contributed by atoms with Crippen molar-refractivity contribution in [1.29, 1.82) is 5.41 Å². The second kappa shape index (κ2) is 9.69. The van der Waals surface area contributed by atoms with Crippen molar-refractivity contribution in [2.45, 2.75) is 32.7 Å². The highest BCUT2D eigenvalue weighted by atomic mass is 32.2. The lowest BCUT2D eigenvalue weighted by Gasteiger charge is -2.20. The van der Waals surface area contributed by atoms with Gasteiger partial charge in [0, 0.05) is 22.7 Å². The third-order valence-electron chi connectivity index (χ3n) is 5.70. The molecule has 0 saturated carbocycles. The number of aliphatic imine (C=N–C) groups is 1. The highest BCUT2D eigenvalue weighted by Crippen LogP contribution is 2.31. The van der Waals surface area contributed by atoms with Gasteiger partial charge in [-0.3, -0.25) is 10.2 Å². The first-order chi connectivity index (χ1) is 16.6. The van der Waals surface area contributed by atoms with Crippen molar-refractivity contribution in [1.82, 2.24) is 9.58 Å². The van der Waals surface area contributed by atoms with Crippen molar-refractivity contribution < 1.29 is 9.53 Å². The molecule has 0 atom stereocenters. The second-order valence-corrected chi connectivity index (χ2v) is 9.11. The van der Waals surface area contributed by atoms with E-state index in [-0.39, 0.29) is 11.4 Å². The van der Waals surface area contributed by atoms with E-state index in [1.54, 1.807) is 6.08 Å². The Labute approximate surface area is 202 Å². The van der Waals surface area contributed by atoms with Gasteiger partial charge in [0.1, 0.15) is 17.4 Å². The number of thioether (sulfide) groups is 1. The van der Waals surface area contributed by atoms with Crippen LogP contribution in [-0.2, 0) is 11.3 Å². The summed E-state index contributed by atoms with van der Waals surface area (Å²) in [7, 11) is 0. The lowest BCUT2D eigenvalue weighted by Crippen LogP contribution is -2.35. The first kappa shape index (κ1) is 22.2. The van der Waals surface area contributed by atoms with E-state index in [0.717, 1.165) is 46.5 Å². The smallest absolute Gasteiger partial charge is 0.283 e. The van der Waals surface area contributed by atoms with Gasteiger partial charge in [0.2, 0.25) is 5.17 Å². The molecule has 0 spiro atoms. The number of benzene rings is 2. The molecule has 7 nitrogen and oxygen atoms in total. The minimum Gasteiger partial charge on any atom is -0.492 e. The summed E-state index contributed by atoms with van der Waals surface area (Å²) in [5.41, 5.74) is 2.15. The second-order valence-electron chi connectivity index (χ2n) is 8.07. The molecular formula is C26H25N5O2S. The van der Waals surface area contributed by atoms with E-state index >= 15 is 0 Å². The Balaban J connectivity index is 1.41. The van der Waals surface area contributed by atoms with Gasteiger partial charge in [0.15, 0.2) is 5.84 Å². The van der Waals surface area contributed by atoms with Gasteiger partial charge in [0.25, 0.3) is 5.91 Å². The van der Waals surface area contributed by atoms with E-state index < -0.39 is 5.91 Å². The molecular weight excluding hydrogens is 446 g/mol. The zero-order chi connectivity index (χ0) is 23.5. The van der Waals surface area contributed by atoms with Gasteiger partial charge in [-0.25, -0.2) is 0 Å². The SMILES string of the molecule is CCCCC1=NN2C(=N)/C(=C\c3cn(CCOc4ccccc4)c4ccccc34)C(=O)N=C2S1. The monoisotopic (exact) mass is 471 g/mol. The number of hydrogen-bond donors (Lipinski definition) is 1. The fraction of sp³-hybridized carbons (Fsp3) is 0.231. The molecule has 0 radical (unpaired) electrons. The molecule has 0 unspecified atom stereocenters. The number of para-hydroxylation sites is 2. The number of nitrogens with zero attached hydrogens (tertiary/aromatic N) is 4. The van der Waals surface area contributed by atoms with Crippen molar-refractivity contribution in [3.63, 3.8) is 0 Å². The molecule has 1 N–H and O–H groups in total. The zero-order valence-corrected chi connectivity index (χ0v) is 19.7. The summed E-state index contributed by atoms with van der Waals surface area (Å²) in [5, 5.41) is 17.0. The van der Waals surface area contributed by atoms with E-state index in [2.05, 4.69) is 21.6 Å². The van der Waals surface area contributed by atoms with Crippen LogP contribution in [0.4, 0.5) is 0 Å². The first-order valence-corrected chi connectivity index (χ1v) is 12.2. The standard InChI is InChI=1S/C26H25N5O2S/c1-2-3-13-23-29-31-24(27)21(25(32)28-26(31)34-23)16-18-17-30(22-12-8-7-11-20(18)22)14-15-33-19-9-5-4-6-10-19/h4-12,16-17,27H,2-3,13-15H2,1H3/b21-16+,27-24?. The summed E-state index contributed by atoms with van der Waals surface area (Å²) in [5.74, 6) is 0.497. The predicted molar refractivity (Wildman–Crippen MR) is 138 cm³/mol. The molecule has 34 heavy (non-hydrogen) atoms. The fourth-order valence-corrected chi connectivity index (χ4v) is 4.90. The summed E-state index contributed by atoms with van der Waals surface area (Å²) < 4.78 is 7.99. The molecule has 8 heteroatoms. The largest absolute Gasteiger partial charge is 0.492 e. The molecule has 172 valence electrons. The summed E-state index contributed by atoms with van der Waals surface area (Å²) in [4.78, 5) is 17.0. The van der Waals surface area contributed by atoms with Crippen molar-refractivity contribution >= 4 is 50.7 Å². The van der Waals surface area contributed by atoms with Crippen molar-refractivity contribution in [3.05, 3.63) is 71.9 Å². The summed E-state index contributed by atoms with van der Waals surface area (Å²) >= 11 is 1.38. The van der Waals surface area contributed by atoms with Crippen LogP contribution in [-0.4, -0.2) is 38.1 Å². The van der Waals surface area contributed by atoms with Gasteiger partial charge in [-0.15, -0.1) is 0 Å². The number of amides is 1. The molecule has 0 fully saturated rings. The minimum absolute atomic E-state index is 0.0678. The van der Waals surface area contributed by atoms with Gasteiger partial charge in [-0.05, 0) is 48.9 Å². The normalized spacial score (nSPS) is 16.7. The average molecular weight is 472 g/mol. The zero-order valence-electron chi connectivity index (χ0n) is 18.9. The number of carbonyl (C=O) groups excluding carboxylic acids is 1. The molecule has 1 aromatic heterocycles. The molecule has 2 aromatic carbocycles. The van der Waals surface area contributed by atoms with Crippen LogP contribution in [0, 0.1) is 5.41 Å². The van der Waals surface area contributed by atoms with Crippen LogP contribution in [0.3, 0.4) is 0 Å². The van der Waals surface area contributed by atoms with Crippen molar-refractivity contribution in [3.8, 4) is 5.75 Å². The molecule has 0 saturated heterocycles. The van der Waals surface area contributed by atoms with E-state index in [4.69, 9.17) is 10.1 Å². The number of rotatable bonds is 8. The van der Waals surface area contributed by atoms with Gasteiger partial charge < -0.3 is 9.30 Å². The van der Waals surface area contributed by atoms with Crippen LogP contribution < -0.4 is 4.74 Å². The maximum Gasteiger partial charge on any atom is 0.283 e. The Hall–Kier alpha value is -3.65. The predicted octanol–water partition coefficient (Wildman–Crippen LogP) is 5.53. The maximum atomic E-state index is 12.8. The molecule has 2 aliphatic rings. The quantitative estimate of drug-likeness (QED) is 0.438. The lowest BCUT2D eigenvalue weighted by molar-refractivity contribution is -0.114. The molecule has 1 amide bonds. The topological polar surface area (TPSA) is 83.0 Å². The highest BCUT2D eigenvalue weighted by molar-refractivity contribution is 8.26. The molecule has 5 rings (SSSR count). The average Bonchev–Trinajstić information content (AvgIpc) is 3.42. The molecule has 0 bridgehead atoms. The Morgan fingerprint density at radius 2 is 1.91 bits per heavy atom. The Kier molecular flexibility index (Phi) is 6.31. The van der Waals surface area contributed by atoms with Crippen molar-refractivity contribution in [2.24, 2.45) is 10.1 Å². The Bertz CT molecular complexity index is 1340. The third-order valence-corrected chi connectivity index (χ3v) is 6.67. The van der Waals surface area contributed by atoms with E-state index in [1.807, 2.05) is 60.8 Å². The summed E-state index contributed by atoms with van der Waals surface area (Å²) in [6, 6.07) is 17.8. The highest BCUT2D eigenvalue weighted by Gasteiger charge is 2.35. The van der Waals surface area contributed by atoms with Gasteiger partial charge in [0.05, 0.1) is 12.1 Å². The van der Waals surface area contributed by atoms with Crippen LogP contribution in [0.15, 0.2) is 76.5 Å². The number of carbonyl (C=O) groups is 1. The van der Waals surface area contributed by atoms with Crippen LogP contribution in [0.1, 0.15) is 31.7 Å². The number of unbranched alkanes of at least 4 members (excludes halogenated alkanes) is 1. The Morgan fingerprint density at radius 3 is 2.74 bits per heavy atom.